The molecule has 4 nitrogen and oxygen atoms in total. The second kappa shape index (κ2) is 5.94. The molecule has 2 atom stereocenters. The second-order valence-electron chi connectivity index (χ2n) is 6.04. The van der Waals surface area contributed by atoms with E-state index in [9.17, 15) is 4.79 Å². The zero-order valence-corrected chi connectivity index (χ0v) is 11.8. The number of benzene rings is 1. The van der Waals surface area contributed by atoms with Gasteiger partial charge in [-0.2, -0.15) is 0 Å². The number of amides is 1. The van der Waals surface area contributed by atoms with Crippen LogP contribution in [-0.4, -0.2) is 23.4 Å². The van der Waals surface area contributed by atoms with Gasteiger partial charge in [-0.15, -0.1) is 0 Å². The molecule has 2 unspecified atom stereocenters. The van der Waals surface area contributed by atoms with Gasteiger partial charge in [0, 0.05) is 18.2 Å². The molecule has 20 heavy (non-hydrogen) atoms. The quantitative estimate of drug-likeness (QED) is 0.503. The molecule has 2 fully saturated rings. The number of carbonyl (C=O) groups is 1. The molecule has 4 heteroatoms. The van der Waals surface area contributed by atoms with Crippen molar-refractivity contribution in [2.75, 3.05) is 6.54 Å². The molecule has 1 saturated heterocycles. The predicted molar refractivity (Wildman–Crippen MR) is 78.9 cm³/mol. The first kappa shape index (κ1) is 13.6. The number of nitrogens with one attached hydrogen (secondary N) is 1. The molecule has 1 heterocycles. The molecule has 3 N–H and O–H groups in total. The Bertz CT molecular complexity index is 471. The molecular weight excluding hydrogens is 250 g/mol. The Morgan fingerprint density at radius 2 is 1.95 bits per heavy atom. The number of carbonyl (C=O) groups excluding carboxylic acids is 1. The molecule has 1 aromatic carbocycles. The predicted octanol–water partition coefficient (Wildman–Crippen LogP) is 2.05. The van der Waals surface area contributed by atoms with Crippen molar-refractivity contribution in [2.24, 2.45) is 11.8 Å². The van der Waals surface area contributed by atoms with E-state index in [0.29, 0.717) is 5.56 Å². The SMILES string of the molecule is NNC(=O)c1ccc(CN2CCCC3CCCC32)cc1. The zero-order chi connectivity index (χ0) is 13.9. The lowest BCUT2D eigenvalue weighted by molar-refractivity contribution is 0.0953. The van der Waals surface area contributed by atoms with Crippen LogP contribution in [0.3, 0.4) is 0 Å². The lowest BCUT2D eigenvalue weighted by atomic mass is 9.91. The number of fused-ring (bicyclic) bond motifs is 1. The molecule has 0 aromatic heterocycles. The molecule has 2 aliphatic rings. The fourth-order valence-corrected chi connectivity index (χ4v) is 3.83. The summed E-state index contributed by atoms with van der Waals surface area (Å²) in [6.07, 6.45) is 6.90. The zero-order valence-electron chi connectivity index (χ0n) is 11.8. The molecule has 0 bridgehead atoms. The van der Waals surface area contributed by atoms with E-state index < -0.39 is 0 Å². The van der Waals surface area contributed by atoms with Crippen LogP contribution in [0, 0.1) is 5.92 Å². The Hall–Kier alpha value is -1.39. The molecule has 108 valence electrons. The monoisotopic (exact) mass is 273 g/mol. The van der Waals surface area contributed by atoms with Crippen LogP contribution in [0.2, 0.25) is 0 Å². The number of hydrogen-bond donors (Lipinski definition) is 2. The summed E-state index contributed by atoms with van der Waals surface area (Å²) in [7, 11) is 0. The number of hydrogen-bond acceptors (Lipinski definition) is 3. The van der Waals surface area contributed by atoms with Crippen LogP contribution in [0.15, 0.2) is 24.3 Å². The average molecular weight is 273 g/mol. The Kier molecular flexibility index (Phi) is 4.03. The Morgan fingerprint density at radius 3 is 2.70 bits per heavy atom. The number of likely N-dealkylation sites (tertiary alicyclic amines) is 1. The van der Waals surface area contributed by atoms with Gasteiger partial charge in [-0.05, 0) is 55.8 Å². The minimum absolute atomic E-state index is 0.231. The van der Waals surface area contributed by atoms with Gasteiger partial charge in [-0.3, -0.25) is 15.1 Å². The van der Waals surface area contributed by atoms with E-state index in [0.717, 1.165) is 18.5 Å². The summed E-state index contributed by atoms with van der Waals surface area (Å²) in [6, 6.07) is 8.59. The van der Waals surface area contributed by atoms with Crippen molar-refractivity contribution in [2.45, 2.75) is 44.7 Å². The summed E-state index contributed by atoms with van der Waals surface area (Å²) in [5, 5.41) is 0. The van der Waals surface area contributed by atoms with Gasteiger partial charge in [0.2, 0.25) is 0 Å². The first-order valence-corrected chi connectivity index (χ1v) is 7.62. The third-order valence-corrected chi connectivity index (χ3v) is 4.84. The standard InChI is InChI=1S/C16H23N3O/c17-18-16(20)14-8-6-12(7-9-14)11-19-10-2-4-13-3-1-5-15(13)19/h6-9,13,15H,1-5,10-11,17H2,(H,18,20). The molecular formula is C16H23N3O. The van der Waals surface area contributed by atoms with Crippen molar-refractivity contribution in [3.05, 3.63) is 35.4 Å². The highest BCUT2D eigenvalue weighted by atomic mass is 16.2. The van der Waals surface area contributed by atoms with Crippen LogP contribution in [0.5, 0.6) is 0 Å². The van der Waals surface area contributed by atoms with Crippen molar-refractivity contribution in [3.63, 3.8) is 0 Å². The van der Waals surface area contributed by atoms with Crippen molar-refractivity contribution in [3.8, 4) is 0 Å². The van der Waals surface area contributed by atoms with Crippen molar-refractivity contribution in [1.82, 2.24) is 10.3 Å². The minimum atomic E-state index is -0.231. The maximum Gasteiger partial charge on any atom is 0.265 e. The van der Waals surface area contributed by atoms with Crippen LogP contribution < -0.4 is 11.3 Å². The van der Waals surface area contributed by atoms with Crippen molar-refractivity contribution >= 4 is 5.91 Å². The van der Waals surface area contributed by atoms with Crippen LogP contribution in [0.1, 0.15) is 48.0 Å². The maximum absolute atomic E-state index is 11.4. The lowest BCUT2D eigenvalue weighted by Crippen LogP contribution is -2.41. The molecule has 1 aliphatic heterocycles. The van der Waals surface area contributed by atoms with Gasteiger partial charge >= 0.3 is 0 Å². The molecule has 3 rings (SSSR count). The summed E-state index contributed by atoms with van der Waals surface area (Å²) in [5.74, 6) is 5.83. The molecule has 1 aromatic rings. The maximum atomic E-state index is 11.4. The van der Waals surface area contributed by atoms with Crippen LogP contribution in [0.25, 0.3) is 0 Å². The van der Waals surface area contributed by atoms with E-state index in [1.54, 1.807) is 0 Å². The highest BCUT2D eigenvalue weighted by Gasteiger charge is 2.34. The molecule has 1 saturated carbocycles. The summed E-state index contributed by atoms with van der Waals surface area (Å²) in [5.41, 5.74) is 4.07. The third kappa shape index (κ3) is 2.72. The number of nitrogen functional groups attached to an aromatic ring is 1. The van der Waals surface area contributed by atoms with Crippen LogP contribution >= 0.6 is 0 Å². The minimum Gasteiger partial charge on any atom is -0.296 e. The summed E-state index contributed by atoms with van der Waals surface area (Å²) in [6.45, 7) is 2.22. The topological polar surface area (TPSA) is 58.4 Å². The summed E-state index contributed by atoms with van der Waals surface area (Å²) >= 11 is 0. The first-order valence-electron chi connectivity index (χ1n) is 7.62. The Balaban J connectivity index is 1.66. The van der Waals surface area contributed by atoms with Gasteiger partial charge in [0.25, 0.3) is 5.91 Å². The van der Waals surface area contributed by atoms with E-state index in [-0.39, 0.29) is 5.91 Å². The number of rotatable bonds is 3. The Labute approximate surface area is 120 Å². The van der Waals surface area contributed by atoms with E-state index in [2.05, 4.69) is 10.3 Å². The van der Waals surface area contributed by atoms with Gasteiger partial charge in [0.15, 0.2) is 0 Å². The van der Waals surface area contributed by atoms with Crippen LogP contribution in [0.4, 0.5) is 0 Å². The van der Waals surface area contributed by atoms with Gasteiger partial charge in [0.05, 0.1) is 0 Å². The van der Waals surface area contributed by atoms with Gasteiger partial charge in [-0.25, -0.2) is 5.84 Å². The van der Waals surface area contributed by atoms with E-state index >= 15 is 0 Å². The lowest BCUT2D eigenvalue weighted by Gasteiger charge is -2.37. The van der Waals surface area contributed by atoms with Crippen molar-refractivity contribution < 1.29 is 4.79 Å². The van der Waals surface area contributed by atoms with Gasteiger partial charge < -0.3 is 0 Å². The molecule has 0 radical (unpaired) electrons. The highest BCUT2D eigenvalue weighted by molar-refractivity contribution is 5.93. The number of piperidine rings is 1. The summed E-state index contributed by atoms with van der Waals surface area (Å²) in [4.78, 5) is 14.1. The Morgan fingerprint density at radius 1 is 1.20 bits per heavy atom. The number of hydrazine groups is 1. The molecule has 0 spiro atoms. The normalized spacial score (nSPS) is 26.2. The average Bonchev–Trinajstić information content (AvgIpc) is 2.97. The largest absolute Gasteiger partial charge is 0.296 e. The third-order valence-electron chi connectivity index (χ3n) is 4.84. The number of nitrogens with zero attached hydrogens (tertiary/aromatic N) is 1. The van der Waals surface area contributed by atoms with E-state index in [1.165, 1.54) is 44.2 Å². The second-order valence-corrected chi connectivity index (χ2v) is 6.04. The van der Waals surface area contributed by atoms with E-state index in [1.807, 2.05) is 24.3 Å². The van der Waals surface area contributed by atoms with E-state index in [4.69, 9.17) is 5.84 Å². The highest BCUT2D eigenvalue weighted by Crippen LogP contribution is 2.37. The smallest absolute Gasteiger partial charge is 0.265 e. The first-order chi connectivity index (χ1) is 9.78. The molecule has 1 amide bonds. The van der Waals surface area contributed by atoms with Gasteiger partial charge in [-0.1, -0.05) is 18.6 Å². The fourth-order valence-electron chi connectivity index (χ4n) is 3.83. The van der Waals surface area contributed by atoms with Crippen LogP contribution in [-0.2, 0) is 6.54 Å². The van der Waals surface area contributed by atoms with Gasteiger partial charge in [0.1, 0.15) is 0 Å². The molecule has 1 aliphatic carbocycles. The summed E-state index contributed by atoms with van der Waals surface area (Å²) < 4.78 is 0. The number of nitrogens with two attached hydrogens (primary N) is 1. The van der Waals surface area contributed by atoms with Crippen molar-refractivity contribution in [1.29, 1.82) is 0 Å². The fraction of sp³-hybridized carbons (Fsp3) is 0.562.